The largest absolute Gasteiger partial charge is 0.353 e. The molecule has 236 valence electrons. The van der Waals surface area contributed by atoms with Crippen LogP contribution in [-0.2, 0) is 38.3 Å². The second kappa shape index (κ2) is 12.1. The molecule has 0 spiro atoms. The minimum absolute atomic E-state index is 0.417. The van der Waals surface area contributed by atoms with Crippen LogP contribution in [0.25, 0.3) is 0 Å². The fourth-order valence-electron chi connectivity index (χ4n) is 7.70. The van der Waals surface area contributed by atoms with Crippen LogP contribution in [0.1, 0.15) is 22.3 Å². The molecule has 2 fully saturated rings. The molecule has 2 heterocycles. The van der Waals surface area contributed by atoms with Crippen molar-refractivity contribution < 1.29 is 14.2 Å². The van der Waals surface area contributed by atoms with Gasteiger partial charge in [-0.15, -0.1) is 13.2 Å². The summed E-state index contributed by atoms with van der Waals surface area (Å²) in [6.45, 7) is 25.9. The molecule has 4 aromatic rings. The van der Waals surface area contributed by atoms with Gasteiger partial charge in [0.1, 0.15) is 22.4 Å². The van der Waals surface area contributed by atoms with Crippen molar-refractivity contribution in [1.82, 2.24) is 0 Å². The molecule has 4 atom stereocenters. The summed E-state index contributed by atoms with van der Waals surface area (Å²) in [7, 11) is 0. The van der Waals surface area contributed by atoms with E-state index in [1.807, 2.05) is 109 Å². The molecule has 2 aliphatic heterocycles. The molecule has 2 aliphatic rings. The van der Waals surface area contributed by atoms with Gasteiger partial charge in [0.2, 0.25) is 0 Å². The quantitative estimate of drug-likeness (QED) is 0.0927. The van der Waals surface area contributed by atoms with Gasteiger partial charge >= 0.3 is 0 Å². The minimum atomic E-state index is -1.22. The van der Waals surface area contributed by atoms with Crippen LogP contribution in [-0.4, -0.2) is 22.4 Å². The van der Waals surface area contributed by atoms with Crippen LogP contribution in [0.2, 0.25) is 0 Å². The van der Waals surface area contributed by atoms with E-state index in [-0.39, 0.29) is 0 Å². The number of ether oxygens (including phenoxy) is 3. The van der Waals surface area contributed by atoms with Crippen LogP contribution >= 0.6 is 0 Å². The summed E-state index contributed by atoms with van der Waals surface area (Å²) >= 11 is 0. The lowest BCUT2D eigenvalue weighted by Gasteiger charge is -2.48. The Balaban J connectivity index is 1.68. The van der Waals surface area contributed by atoms with Crippen molar-refractivity contribution in [2.24, 2.45) is 0 Å². The van der Waals surface area contributed by atoms with E-state index < -0.39 is 33.6 Å². The molecule has 0 amide bonds. The molecule has 0 aliphatic carbocycles. The first-order valence-corrected chi connectivity index (χ1v) is 16.0. The van der Waals surface area contributed by atoms with Gasteiger partial charge in [-0.25, -0.2) is 0 Å². The lowest BCUT2D eigenvalue weighted by molar-refractivity contribution is -0.174. The zero-order chi connectivity index (χ0) is 33.2. The predicted molar refractivity (Wildman–Crippen MR) is 192 cm³/mol. The molecule has 3 nitrogen and oxygen atoms in total. The Morgan fingerprint density at radius 1 is 0.468 bits per heavy atom. The van der Waals surface area contributed by atoms with E-state index >= 15 is 0 Å². The first-order chi connectivity index (χ1) is 22.9. The highest BCUT2D eigenvalue weighted by Crippen LogP contribution is 2.70. The Kier molecular flexibility index (Phi) is 8.27. The fraction of sp³-hybridized carbons (Fsp3) is 0.182. The standard InChI is InChI=1S/C44H42O3/c1-7-39(8-2)43(46-39,37-29-21-15-22-30-37)41(11-5,33-35-25-17-13-18-26-35)45-42(12-6,34-36-27-19-14-20-28-36)44(38-31-23-16-24-32-38)40(9-3,10-4)47-44/h7-32H,1-6,33-34H2. The highest BCUT2D eigenvalue weighted by atomic mass is 16.7. The maximum absolute atomic E-state index is 7.94. The van der Waals surface area contributed by atoms with Crippen molar-refractivity contribution in [3.8, 4) is 0 Å². The van der Waals surface area contributed by atoms with Crippen LogP contribution in [0.15, 0.2) is 197 Å². The summed E-state index contributed by atoms with van der Waals surface area (Å²) in [6, 6.07) is 40.8. The summed E-state index contributed by atoms with van der Waals surface area (Å²) in [5, 5.41) is 0. The van der Waals surface area contributed by atoms with Crippen molar-refractivity contribution >= 4 is 0 Å². The molecule has 0 bridgehead atoms. The van der Waals surface area contributed by atoms with E-state index in [4.69, 9.17) is 14.2 Å². The highest BCUT2D eigenvalue weighted by molar-refractivity contribution is 5.53. The van der Waals surface area contributed by atoms with Gasteiger partial charge in [0.25, 0.3) is 0 Å². The number of rotatable bonds is 16. The van der Waals surface area contributed by atoms with Crippen LogP contribution in [0.5, 0.6) is 0 Å². The molecule has 0 aromatic heterocycles. The van der Waals surface area contributed by atoms with Crippen LogP contribution < -0.4 is 0 Å². The Labute approximate surface area is 279 Å². The third kappa shape index (κ3) is 4.61. The lowest BCUT2D eigenvalue weighted by Crippen LogP contribution is -2.60. The Morgan fingerprint density at radius 3 is 1.02 bits per heavy atom. The van der Waals surface area contributed by atoms with Gasteiger partial charge in [-0.3, -0.25) is 0 Å². The summed E-state index contributed by atoms with van der Waals surface area (Å²) < 4.78 is 21.8. The zero-order valence-electron chi connectivity index (χ0n) is 26.9. The van der Waals surface area contributed by atoms with E-state index in [1.54, 1.807) is 0 Å². The van der Waals surface area contributed by atoms with E-state index in [2.05, 4.69) is 88.0 Å². The van der Waals surface area contributed by atoms with E-state index in [1.165, 1.54) is 0 Å². The van der Waals surface area contributed by atoms with E-state index in [9.17, 15) is 0 Å². The van der Waals surface area contributed by atoms with Crippen molar-refractivity contribution in [2.45, 2.75) is 46.4 Å². The Hall–Kier alpha value is -4.80. The summed E-state index contributed by atoms with van der Waals surface area (Å²) in [5.41, 5.74) is -2.63. The molecule has 6 rings (SSSR count). The number of hydrogen-bond acceptors (Lipinski definition) is 3. The third-order valence-corrected chi connectivity index (χ3v) is 10.1. The van der Waals surface area contributed by atoms with Crippen molar-refractivity contribution in [3.63, 3.8) is 0 Å². The molecular weight excluding hydrogens is 576 g/mol. The fourth-order valence-corrected chi connectivity index (χ4v) is 7.70. The molecule has 4 aromatic carbocycles. The number of epoxide rings is 2. The van der Waals surface area contributed by atoms with Gasteiger partial charge in [-0.1, -0.05) is 184 Å². The minimum Gasteiger partial charge on any atom is -0.353 e. The van der Waals surface area contributed by atoms with Crippen LogP contribution in [0.4, 0.5) is 0 Å². The summed E-state index contributed by atoms with van der Waals surface area (Å²) in [5.74, 6) is 0. The maximum Gasteiger partial charge on any atom is 0.164 e. The second-order valence-electron chi connectivity index (χ2n) is 12.3. The van der Waals surface area contributed by atoms with E-state index in [0.29, 0.717) is 12.8 Å². The normalized spacial score (nSPS) is 24.3. The molecule has 2 saturated heterocycles. The lowest BCUT2D eigenvalue weighted by atomic mass is 9.67. The van der Waals surface area contributed by atoms with Crippen LogP contribution in [0.3, 0.4) is 0 Å². The molecule has 4 unspecified atom stereocenters. The second-order valence-corrected chi connectivity index (χ2v) is 12.3. The number of benzene rings is 4. The molecule has 0 N–H and O–H groups in total. The zero-order valence-corrected chi connectivity index (χ0v) is 26.9. The highest BCUT2D eigenvalue weighted by Gasteiger charge is 2.82. The van der Waals surface area contributed by atoms with Gasteiger partial charge < -0.3 is 14.2 Å². The predicted octanol–water partition coefficient (Wildman–Crippen LogP) is 9.41. The molecule has 0 saturated carbocycles. The summed E-state index contributed by atoms with van der Waals surface area (Å²) in [6.07, 6.45) is 11.8. The molecular formula is C44H42O3. The average molecular weight is 619 g/mol. The maximum atomic E-state index is 7.94. The van der Waals surface area contributed by atoms with Gasteiger partial charge in [-0.05, 0) is 22.3 Å². The average Bonchev–Trinajstić information content (AvgIpc) is 4.04. The van der Waals surface area contributed by atoms with Crippen molar-refractivity contribution in [3.05, 3.63) is 220 Å². The third-order valence-electron chi connectivity index (χ3n) is 10.1. The Morgan fingerprint density at radius 2 is 0.766 bits per heavy atom. The van der Waals surface area contributed by atoms with Gasteiger partial charge in [0.15, 0.2) is 11.2 Å². The topological polar surface area (TPSA) is 34.3 Å². The molecule has 3 heteroatoms. The smallest absolute Gasteiger partial charge is 0.164 e. The van der Waals surface area contributed by atoms with Crippen LogP contribution in [0, 0.1) is 0 Å². The molecule has 0 radical (unpaired) electrons. The Bertz CT molecular complexity index is 1630. The first kappa shape index (κ1) is 32.2. The SMILES string of the molecule is C=CC1(C=C)OC1(c1ccccc1)C(C=C)(Cc1ccccc1)OC(C=C)(Cc1ccccc1)C1(c2ccccc2)OC1(C=C)C=C. The molecule has 47 heavy (non-hydrogen) atoms. The van der Waals surface area contributed by atoms with Crippen molar-refractivity contribution in [2.75, 3.05) is 0 Å². The van der Waals surface area contributed by atoms with Crippen molar-refractivity contribution in [1.29, 1.82) is 0 Å². The van der Waals surface area contributed by atoms with Gasteiger partial charge in [0.05, 0.1) is 0 Å². The van der Waals surface area contributed by atoms with Gasteiger partial charge in [-0.2, -0.15) is 0 Å². The number of hydrogen-bond donors (Lipinski definition) is 0. The van der Waals surface area contributed by atoms with Gasteiger partial charge in [0, 0.05) is 12.8 Å². The summed E-state index contributed by atoms with van der Waals surface area (Å²) in [4.78, 5) is 0. The monoisotopic (exact) mass is 618 g/mol. The first-order valence-electron chi connectivity index (χ1n) is 16.0. The van der Waals surface area contributed by atoms with E-state index in [0.717, 1.165) is 22.3 Å².